The van der Waals surface area contributed by atoms with Crippen LogP contribution in [0.5, 0.6) is 0 Å². The van der Waals surface area contributed by atoms with Gasteiger partial charge in [-0.05, 0) is 13.5 Å². The number of hydrogen-bond acceptors (Lipinski definition) is 3. The van der Waals surface area contributed by atoms with E-state index in [4.69, 9.17) is 5.11 Å². The molecule has 2 N–H and O–H groups in total. The first-order valence-electron chi connectivity index (χ1n) is 2.69. The molecule has 0 aromatic heterocycles. The molecule has 0 aromatic rings. The van der Waals surface area contributed by atoms with Crippen molar-refractivity contribution in [3.63, 3.8) is 0 Å². The molecule has 0 aliphatic rings. The maximum Gasteiger partial charge on any atom is 0.209 e. The van der Waals surface area contributed by atoms with Gasteiger partial charge in [-0.3, -0.25) is 4.79 Å². The van der Waals surface area contributed by atoms with E-state index < -0.39 is 0 Å². The summed E-state index contributed by atoms with van der Waals surface area (Å²) in [7, 11) is 1.71. The SMILES string of the molecule is CNC(CCO)C(=O)I. The van der Waals surface area contributed by atoms with Crippen LogP contribution >= 0.6 is 22.6 Å². The van der Waals surface area contributed by atoms with E-state index in [1.165, 1.54) is 0 Å². The lowest BCUT2D eigenvalue weighted by molar-refractivity contribution is -0.111. The van der Waals surface area contributed by atoms with Gasteiger partial charge in [0, 0.05) is 29.2 Å². The van der Waals surface area contributed by atoms with Crippen molar-refractivity contribution in [2.24, 2.45) is 0 Å². The minimum absolute atomic E-state index is 0.0455. The highest BCUT2D eigenvalue weighted by molar-refractivity contribution is 14.1. The predicted molar refractivity (Wildman–Crippen MR) is 43.6 cm³/mol. The van der Waals surface area contributed by atoms with Gasteiger partial charge in [0.2, 0.25) is 3.79 Å². The van der Waals surface area contributed by atoms with E-state index in [1.807, 2.05) is 0 Å². The van der Waals surface area contributed by atoms with Crippen LogP contribution in [0.2, 0.25) is 0 Å². The molecular weight excluding hydrogens is 233 g/mol. The van der Waals surface area contributed by atoms with Gasteiger partial charge < -0.3 is 10.4 Å². The minimum atomic E-state index is -0.185. The largest absolute Gasteiger partial charge is 0.396 e. The van der Waals surface area contributed by atoms with Crippen LogP contribution in [0.3, 0.4) is 0 Å². The lowest BCUT2D eigenvalue weighted by Crippen LogP contribution is -2.31. The number of aliphatic hydroxyl groups excluding tert-OH is 1. The van der Waals surface area contributed by atoms with E-state index in [0.29, 0.717) is 6.42 Å². The highest BCUT2D eigenvalue weighted by Crippen LogP contribution is 1.97. The molecule has 1 atom stereocenters. The van der Waals surface area contributed by atoms with Gasteiger partial charge >= 0.3 is 0 Å². The van der Waals surface area contributed by atoms with Crippen LogP contribution in [-0.4, -0.2) is 28.6 Å². The predicted octanol–water partition coefficient (Wildman–Crippen LogP) is -0.0816. The van der Waals surface area contributed by atoms with Gasteiger partial charge in [0.1, 0.15) is 0 Å². The zero-order chi connectivity index (χ0) is 7.28. The van der Waals surface area contributed by atoms with E-state index in [9.17, 15) is 4.79 Å². The van der Waals surface area contributed by atoms with Crippen molar-refractivity contribution in [2.45, 2.75) is 12.5 Å². The number of nitrogens with one attached hydrogen (secondary N) is 1. The number of carbonyl (C=O) groups excluding carboxylic acids is 1. The Bertz CT molecular complexity index is 97.0. The third-order valence-corrected chi connectivity index (χ3v) is 1.79. The van der Waals surface area contributed by atoms with Crippen LogP contribution in [0.4, 0.5) is 0 Å². The molecule has 0 fully saturated rings. The quantitative estimate of drug-likeness (QED) is 0.536. The molecule has 0 radical (unpaired) electrons. The maximum atomic E-state index is 10.6. The van der Waals surface area contributed by atoms with E-state index >= 15 is 0 Å². The molecule has 0 aliphatic carbocycles. The monoisotopic (exact) mass is 243 g/mol. The summed E-state index contributed by atoms with van der Waals surface area (Å²) >= 11 is 1.72. The molecule has 4 heteroatoms. The highest BCUT2D eigenvalue weighted by atomic mass is 127. The standard InChI is InChI=1S/C5H10INO2/c1-7-4(2-3-8)5(6)9/h4,7-8H,2-3H2,1H3. The van der Waals surface area contributed by atoms with Gasteiger partial charge in [-0.25, -0.2) is 0 Å². The molecular formula is C5H10INO2. The number of aliphatic hydroxyl groups is 1. The van der Waals surface area contributed by atoms with Crippen molar-refractivity contribution in [2.75, 3.05) is 13.7 Å². The van der Waals surface area contributed by atoms with Crippen LogP contribution in [-0.2, 0) is 4.79 Å². The summed E-state index contributed by atoms with van der Waals surface area (Å²) in [6.07, 6.45) is 0.498. The molecule has 0 aliphatic heterocycles. The summed E-state index contributed by atoms with van der Waals surface area (Å²) in [6, 6.07) is -0.185. The number of hydrogen-bond donors (Lipinski definition) is 2. The first-order chi connectivity index (χ1) is 4.22. The van der Waals surface area contributed by atoms with Crippen LogP contribution in [0.25, 0.3) is 0 Å². The summed E-state index contributed by atoms with van der Waals surface area (Å²) < 4.78 is 0.0455. The van der Waals surface area contributed by atoms with Crippen molar-refractivity contribution >= 4 is 26.4 Å². The van der Waals surface area contributed by atoms with Crippen LogP contribution in [0, 0.1) is 0 Å². The van der Waals surface area contributed by atoms with Crippen LogP contribution in [0.1, 0.15) is 6.42 Å². The molecule has 3 nitrogen and oxygen atoms in total. The van der Waals surface area contributed by atoms with Gasteiger partial charge in [0.05, 0.1) is 6.04 Å². The Morgan fingerprint density at radius 1 is 1.89 bits per heavy atom. The van der Waals surface area contributed by atoms with Gasteiger partial charge in [0.15, 0.2) is 0 Å². The molecule has 0 amide bonds. The third kappa shape index (κ3) is 3.83. The Morgan fingerprint density at radius 3 is 2.56 bits per heavy atom. The summed E-state index contributed by atoms with van der Waals surface area (Å²) in [5.74, 6) is 0. The van der Waals surface area contributed by atoms with Gasteiger partial charge in [-0.1, -0.05) is 0 Å². The number of halogens is 1. The fourth-order valence-corrected chi connectivity index (χ4v) is 1.12. The van der Waals surface area contributed by atoms with Crippen molar-refractivity contribution < 1.29 is 9.90 Å². The Kier molecular flexibility index (Phi) is 5.31. The average molecular weight is 243 g/mol. The number of carbonyl (C=O) groups is 1. The first kappa shape index (κ1) is 9.32. The lowest BCUT2D eigenvalue weighted by Gasteiger charge is -2.07. The highest BCUT2D eigenvalue weighted by Gasteiger charge is 2.10. The van der Waals surface area contributed by atoms with Crippen molar-refractivity contribution in [3.05, 3.63) is 0 Å². The maximum absolute atomic E-state index is 10.6. The summed E-state index contributed by atoms with van der Waals surface area (Å²) in [5, 5.41) is 11.2. The molecule has 0 saturated carbocycles. The number of rotatable bonds is 4. The molecule has 0 spiro atoms. The normalized spacial score (nSPS) is 13.2. The summed E-state index contributed by atoms with van der Waals surface area (Å²) in [6.45, 7) is 0.0558. The second-order valence-corrected chi connectivity index (χ2v) is 2.72. The molecule has 0 saturated heterocycles. The van der Waals surface area contributed by atoms with Crippen molar-refractivity contribution in [1.82, 2.24) is 5.32 Å². The topological polar surface area (TPSA) is 49.3 Å². The minimum Gasteiger partial charge on any atom is -0.396 e. The summed E-state index contributed by atoms with van der Waals surface area (Å²) in [4.78, 5) is 10.6. The van der Waals surface area contributed by atoms with E-state index in [1.54, 1.807) is 29.6 Å². The first-order valence-corrected chi connectivity index (χ1v) is 3.77. The Balaban J connectivity index is 3.54. The van der Waals surface area contributed by atoms with E-state index in [2.05, 4.69) is 5.32 Å². The molecule has 0 heterocycles. The van der Waals surface area contributed by atoms with E-state index in [-0.39, 0.29) is 16.4 Å². The molecule has 0 bridgehead atoms. The average Bonchev–Trinajstić information content (AvgIpc) is 1.82. The lowest BCUT2D eigenvalue weighted by atomic mass is 10.2. The Labute approximate surface area is 68.0 Å². The van der Waals surface area contributed by atoms with Gasteiger partial charge in [0.25, 0.3) is 0 Å². The number of likely N-dealkylation sites (N-methyl/N-ethyl adjacent to an activating group) is 1. The Hall–Kier alpha value is 0.320. The molecule has 54 valence electrons. The zero-order valence-electron chi connectivity index (χ0n) is 5.22. The zero-order valence-corrected chi connectivity index (χ0v) is 7.38. The fourth-order valence-electron chi connectivity index (χ4n) is 0.500. The van der Waals surface area contributed by atoms with Gasteiger partial charge in [-0.2, -0.15) is 0 Å². The second kappa shape index (κ2) is 5.13. The van der Waals surface area contributed by atoms with Crippen LogP contribution < -0.4 is 5.32 Å². The summed E-state index contributed by atoms with van der Waals surface area (Å²) in [5.41, 5.74) is 0. The molecule has 0 aromatic carbocycles. The van der Waals surface area contributed by atoms with E-state index in [0.717, 1.165) is 0 Å². The second-order valence-electron chi connectivity index (χ2n) is 1.66. The third-order valence-electron chi connectivity index (χ3n) is 1.04. The van der Waals surface area contributed by atoms with Gasteiger partial charge in [-0.15, -0.1) is 0 Å². The molecule has 9 heavy (non-hydrogen) atoms. The van der Waals surface area contributed by atoms with Crippen molar-refractivity contribution in [3.8, 4) is 0 Å². The molecule has 1 unspecified atom stereocenters. The smallest absolute Gasteiger partial charge is 0.209 e. The van der Waals surface area contributed by atoms with Crippen molar-refractivity contribution in [1.29, 1.82) is 0 Å². The van der Waals surface area contributed by atoms with Crippen LogP contribution in [0.15, 0.2) is 0 Å². The fraction of sp³-hybridized carbons (Fsp3) is 0.800. The Morgan fingerprint density at radius 2 is 2.44 bits per heavy atom. The molecule has 0 rings (SSSR count).